The molecule has 0 unspecified atom stereocenters. The van der Waals surface area contributed by atoms with Crippen molar-refractivity contribution in [3.05, 3.63) is 100 Å². The Kier molecular flexibility index (Phi) is 5.47. The number of nitrogens with one attached hydrogen (secondary N) is 2. The van der Waals surface area contributed by atoms with Crippen molar-refractivity contribution in [2.24, 2.45) is 0 Å². The number of aromatic nitrogens is 4. The van der Waals surface area contributed by atoms with Crippen LogP contribution in [-0.2, 0) is 6.18 Å². The van der Waals surface area contributed by atoms with Crippen LogP contribution in [0.3, 0.4) is 0 Å². The molecule has 1 amide bonds. The molecule has 9 nitrogen and oxygen atoms in total. The number of anilines is 1. The summed E-state index contributed by atoms with van der Waals surface area (Å²) in [6, 6.07) is 18.2. The SMILES string of the molecule is O=C(Nc1ccccc1-c1nc2ccccc2[nH]1)c1cnn(-c2ccc([N+](=O)[O-])cc2)c1C(F)(F)F. The smallest absolute Gasteiger partial charge is 0.338 e. The highest BCUT2D eigenvalue weighted by Gasteiger charge is 2.40. The molecule has 36 heavy (non-hydrogen) atoms. The number of rotatable bonds is 5. The van der Waals surface area contributed by atoms with Crippen molar-refractivity contribution in [1.29, 1.82) is 0 Å². The number of hydrogen-bond acceptors (Lipinski definition) is 5. The molecule has 0 aliphatic heterocycles. The van der Waals surface area contributed by atoms with Gasteiger partial charge in [0.1, 0.15) is 5.82 Å². The van der Waals surface area contributed by atoms with Gasteiger partial charge >= 0.3 is 6.18 Å². The van der Waals surface area contributed by atoms with Gasteiger partial charge < -0.3 is 10.3 Å². The number of para-hydroxylation sites is 3. The van der Waals surface area contributed by atoms with Gasteiger partial charge in [0.15, 0.2) is 5.69 Å². The molecular formula is C24H15F3N6O3. The van der Waals surface area contributed by atoms with E-state index in [0.29, 0.717) is 21.6 Å². The number of imidazole rings is 1. The fraction of sp³-hybridized carbons (Fsp3) is 0.0417. The highest BCUT2D eigenvalue weighted by atomic mass is 19.4. The lowest BCUT2D eigenvalue weighted by molar-refractivity contribution is -0.384. The second-order valence-corrected chi connectivity index (χ2v) is 7.69. The normalized spacial score (nSPS) is 11.5. The fourth-order valence-corrected chi connectivity index (χ4v) is 3.77. The highest BCUT2D eigenvalue weighted by molar-refractivity contribution is 6.07. The van der Waals surface area contributed by atoms with E-state index in [-0.39, 0.29) is 17.1 Å². The number of nitro groups is 1. The maximum Gasteiger partial charge on any atom is 0.434 e. The molecule has 5 rings (SSSR count). The Morgan fingerprint density at radius 3 is 2.39 bits per heavy atom. The van der Waals surface area contributed by atoms with Gasteiger partial charge in [-0.05, 0) is 36.4 Å². The van der Waals surface area contributed by atoms with Crippen molar-refractivity contribution in [2.45, 2.75) is 6.18 Å². The molecule has 2 N–H and O–H groups in total. The highest BCUT2D eigenvalue weighted by Crippen LogP contribution is 2.35. The van der Waals surface area contributed by atoms with E-state index in [2.05, 4.69) is 20.4 Å². The minimum absolute atomic E-state index is 0.0883. The lowest BCUT2D eigenvalue weighted by Gasteiger charge is -2.13. The van der Waals surface area contributed by atoms with E-state index >= 15 is 0 Å². The van der Waals surface area contributed by atoms with Gasteiger partial charge in [0, 0.05) is 17.7 Å². The average Bonchev–Trinajstić information content (AvgIpc) is 3.49. The van der Waals surface area contributed by atoms with Gasteiger partial charge in [-0.25, -0.2) is 9.67 Å². The molecule has 180 valence electrons. The summed E-state index contributed by atoms with van der Waals surface area (Å²) in [4.78, 5) is 30.9. The van der Waals surface area contributed by atoms with Crippen molar-refractivity contribution in [2.75, 3.05) is 5.32 Å². The molecule has 0 saturated carbocycles. The van der Waals surface area contributed by atoms with E-state index in [1.807, 2.05) is 18.2 Å². The Balaban J connectivity index is 1.52. The molecule has 5 aromatic rings. The fourth-order valence-electron chi connectivity index (χ4n) is 3.77. The number of carbonyl (C=O) groups excluding carboxylic acids is 1. The van der Waals surface area contributed by atoms with Crippen molar-refractivity contribution < 1.29 is 22.9 Å². The summed E-state index contributed by atoms with van der Waals surface area (Å²) in [5.41, 5.74) is -0.213. The Hall–Kier alpha value is -5.00. The van der Waals surface area contributed by atoms with Crippen LogP contribution in [0.5, 0.6) is 0 Å². The van der Waals surface area contributed by atoms with Gasteiger partial charge in [-0.1, -0.05) is 24.3 Å². The van der Waals surface area contributed by atoms with E-state index in [0.717, 1.165) is 36.0 Å². The third-order valence-corrected chi connectivity index (χ3v) is 5.41. The van der Waals surface area contributed by atoms with Crippen molar-refractivity contribution in [3.63, 3.8) is 0 Å². The predicted molar refractivity (Wildman–Crippen MR) is 125 cm³/mol. The van der Waals surface area contributed by atoms with Gasteiger partial charge in [0.05, 0.1) is 39.1 Å². The topological polar surface area (TPSA) is 119 Å². The number of aromatic amines is 1. The standard InChI is InChI=1S/C24H15F3N6O3/c25-24(26,27)21-17(13-28-32(21)14-9-11-15(12-10-14)33(35)36)23(34)31-18-6-2-1-5-16(18)22-29-19-7-3-4-8-20(19)30-22/h1-13H,(H,29,30)(H,31,34). The maximum atomic E-state index is 14.0. The van der Waals surface area contributed by atoms with Gasteiger partial charge in [0.2, 0.25) is 0 Å². The van der Waals surface area contributed by atoms with Gasteiger partial charge in [0.25, 0.3) is 11.6 Å². The number of fused-ring (bicyclic) bond motifs is 1. The summed E-state index contributed by atoms with van der Waals surface area (Å²) in [5.74, 6) is -0.594. The maximum absolute atomic E-state index is 14.0. The molecule has 3 aromatic carbocycles. The first-order chi connectivity index (χ1) is 17.2. The van der Waals surface area contributed by atoms with Crippen molar-refractivity contribution in [3.8, 4) is 17.1 Å². The number of hydrogen-bond donors (Lipinski definition) is 2. The summed E-state index contributed by atoms with van der Waals surface area (Å²) in [7, 11) is 0. The van der Waals surface area contributed by atoms with Gasteiger partial charge in [-0.2, -0.15) is 18.3 Å². The number of alkyl halides is 3. The summed E-state index contributed by atoms with van der Waals surface area (Å²) >= 11 is 0. The second-order valence-electron chi connectivity index (χ2n) is 7.69. The molecule has 12 heteroatoms. The van der Waals surface area contributed by atoms with Crippen LogP contribution in [0, 0.1) is 10.1 Å². The van der Waals surface area contributed by atoms with Crippen LogP contribution < -0.4 is 5.32 Å². The lowest BCUT2D eigenvalue weighted by atomic mass is 10.1. The number of amides is 1. The third-order valence-electron chi connectivity index (χ3n) is 5.41. The first-order valence-electron chi connectivity index (χ1n) is 10.5. The van der Waals surface area contributed by atoms with Crippen LogP contribution in [-0.4, -0.2) is 30.6 Å². The molecule has 2 aromatic heterocycles. The van der Waals surface area contributed by atoms with Crippen LogP contribution in [0.25, 0.3) is 28.1 Å². The van der Waals surface area contributed by atoms with Crippen LogP contribution in [0.4, 0.5) is 24.5 Å². The number of non-ortho nitro benzene ring substituents is 1. The summed E-state index contributed by atoms with van der Waals surface area (Å²) < 4.78 is 42.6. The van der Waals surface area contributed by atoms with E-state index in [9.17, 15) is 28.1 Å². The van der Waals surface area contributed by atoms with Gasteiger partial charge in [-0.15, -0.1) is 0 Å². The zero-order chi connectivity index (χ0) is 25.4. The Morgan fingerprint density at radius 2 is 1.69 bits per heavy atom. The average molecular weight is 492 g/mol. The van der Waals surface area contributed by atoms with Crippen molar-refractivity contribution in [1.82, 2.24) is 19.7 Å². The molecule has 0 atom stereocenters. The number of nitro benzene ring substituents is 1. The van der Waals surface area contributed by atoms with Crippen LogP contribution in [0.1, 0.15) is 16.1 Å². The predicted octanol–water partition coefficient (Wildman–Crippen LogP) is 5.59. The van der Waals surface area contributed by atoms with Crippen LogP contribution in [0.2, 0.25) is 0 Å². The lowest BCUT2D eigenvalue weighted by Crippen LogP contribution is -2.21. The van der Waals surface area contributed by atoms with Gasteiger partial charge in [-0.3, -0.25) is 14.9 Å². The number of nitrogens with zero attached hydrogens (tertiary/aromatic N) is 4. The molecule has 0 saturated heterocycles. The number of H-pyrrole nitrogens is 1. The van der Waals surface area contributed by atoms with Crippen molar-refractivity contribution >= 4 is 28.3 Å². The minimum Gasteiger partial charge on any atom is -0.338 e. The molecule has 0 spiro atoms. The molecule has 0 aliphatic carbocycles. The summed E-state index contributed by atoms with van der Waals surface area (Å²) in [5, 5.41) is 17.1. The van der Waals surface area contributed by atoms with E-state index in [1.165, 1.54) is 0 Å². The Labute approximate surface area is 200 Å². The first-order valence-corrected chi connectivity index (χ1v) is 10.5. The molecule has 0 fully saturated rings. The zero-order valence-electron chi connectivity index (χ0n) is 18.2. The zero-order valence-corrected chi connectivity index (χ0v) is 18.2. The Bertz CT molecular complexity index is 1570. The molecule has 0 radical (unpaired) electrons. The summed E-state index contributed by atoms with van der Waals surface area (Å²) in [6.07, 6.45) is -4.13. The van der Waals surface area contributed by atoms with Crippen LogP contribution >= 0.6 is 0 Å². The first kappa shape index (κ1) is 22.8. The second kappa shape index (κ2) is 8.65. The van der Waals surface area contributed by atoms with E-state index < -0.39 is 28.3 Å². The molecule has 0 bridgehead atoms. The number of carbonyl (C=O) groups is 1. The number of benzene rings is 3. The quantitative estimate of drug-likeness (QED) is 0.245. The summed E-state index contributed by atoms with van der Waals surface area (Å²) in [6.45, 7) is 0. The molecule has 0 aliphatic rings. The largest absolute Gasteiger partial charge is 0.434 e. The monoisotopic (exact) mass is 492 g/mol. The Morgan fingerprint density at radius 1 is 1.00 bits per heavy atom. The van der Waals surface area contributed by atoms with Crippen LogP contribution in [0.15, 0.2) is 79.0 Å². The third kappa shape index (κ3) is 4.15. The minimum atomic E-state index is -4.94. The number of halogens is 3. The molecular weight excluding hydrogens is 477 g/mol. The van der Waals surface area contributed by atoms with E-state index in [1.54, 1.807) is 30.3 Å². The van der Waals surface area contributed by atoms with E-state index in [4.69, 9.17) is 0 Å². The molecule has 2 heterocycles.